The standard InChI is InChI=1S/C20H24O4/c1-5-20(2,3)14-23-17-8-6-15(7-9-17)19(21)24-18-12-10-16(22-4)11-13-18/h6-13H,5,14H2,1-4H3. The van der Waals surface area contributed by atoms with E-state index in [0.29, 0.717) is 23.7 Å². The molecule has 0 saturated carbocycles. The molecular weight excluding hydrogens is 304 g/mol. The first-order valence-electron chi connectivity index (χ1n) is 8.02. The average Bonchev–Trinajstić information content (AvgIpc) is 2.61. The molecular formula is C20H24O4. The van der Waals surface area contributed by atoms with Crippen molar-refractivity contribution in [2.45, 2.75) is 27.2 Å². The van der Waals surface area contributed by atoms with Crippen LogP contribution in [0.1, 0.15) is 37.6 Å². The predicted molar refractivity (Wildman–Crippen MR) is 94.0 cm³/mol. The third kappa shape index (κ3) is 5.01. The molecule has 0 amide bonds. The summed E-state index contributed by atoms with van der Waals surface area (Å²) in [6, 6.07) is 13.9. The Labute approximate surface area is 143 Å². The van der Waals surface area contributed by atoms with Crippen LogP contribution in [0.4, 0.5) is 0 Å². The first-order valence-corrected chi connectivity index (χ1v) is 8.02. The second-order valence-electron chi connectivity index (χ2n) is 6.40. The topological polar surface area (TPSA) is 44.8 Å². The van der Waals surface area contributed by atoms with Crippen LogP contribution in [-0.2, 0) is 0 Å². The van der Waals surface area contributed by atoms with Gasteiger partial charge in [-0.1, -0.05) is 20.8 Å². The van der Waals surface area contributed by atoms with Crippen molar-refractivity contribution in [3.05, 3.63) is 54.1 Å². The summed E-state index contributed by atoms with van der Waals surface area (Å²) < 4.78 is 16.2. The van der Waals surface area contributed by atoms with Crippen LogP contribution in [0.15, 0.2) is 48.5 Å². The van der Waals surface area contributed by atoms with Gasteiger partial charge in [-0.25, -0.2) is 4.79 Å². The van der Waals surface area contributed by atoms with E-state index in [-0.39, 0.29) is 5.41 Å². The highest BCUT2D eigenvalue weighted by molar-refractivity contribution is 5.91. The monoisotopic (exact) mass is 328 g/mol. The number of carbonyl (C=O) groups excluding carboxylic acids is 1. The molecule has 0 heterocycles. The van der Waals surface area contributed by atoms with E-state index in [9.17, 15) is 4.79 Å². The maximum Gasteiger partial charge on any atom is 0.343 e. The molecule has 0 aromatic heterocycles. The summed E-state index contributed by atoms with van der Waals surface area (Å²) in [4.78, 5) is 12.1. The molecule has 0 spiro atoms. The van der Waals surface area contributed by atoms with Crippen LogP contribution >= 0.6 is 0 Å². The zero-order chi connectivity index (χ0) is 17.6. The molecule has 0 saturated heterocycles. The summed E-state index contributed by atoms with van der Waals surface area (Å²) in [5.74, 6) is 1.54. The molecule has 4 nitrogen and oxygen atoms in total. The summed E-state index contributed by atoms with van der Waals surface area (Å²) in [6.45, 7) is 7.10. The zero-order valence-corrected chi connectivity index (χ0v) is 14.7. The van der Waals surface area contributed by atoms with Crippen molar-refractivity contribution in [1.29, 1.82) is 0 Å². The average molecular weight is 328 g/mol. The first-order chi connectivity index (χ1) is 11.4. The van der Waals surface area contributed by atoms with Gasteiger partial charge in [0.15, 0.2) is 0 Å². The maximum absolute atomic E-state index is 12.1. The van der Waals surface area contributed by atoms with Gasteiger partial charge in [-0.05, 0) is 60.4 Å². The Kier molecular flexibility index (Phi) is 5.85. The predicted octanol–water partition coefficient (Wildman–Crippen LogP) is 4.73. The summed E-state index contributed by atoms with van der Waals surface area (Å²) in [7, 11) is 1.59. The minimum Gasteiger partial charge on any atom is -0.497 e. The fourth-order valence-corrected chi connectivity index (χ4v) is 1.88. The van der Waals surface area contributed by atoms with Crippen molar-refractivity contribution in [2.24, 2.45) is 5.41 Å². The van der Waals surface area contributed by atoms with Gasteiger partial charge in [0.05, 0.1) is 19.3 Å². The van der Waals surface area contributed by atoms with Crippen molar-refractivity contribution >= 4 is 5.97 Å². The van der Waals surface area contributed by atoms with Crippen molar-refractivity contribution in [3.8, 4) is 17.2 Å². The summed E-state index contributed by atoms with van der Waals surface area (Å²) in [5.41, 5.74) is 0.610. The Balaban J connectivity index is 1.95. The molecule has 0 aliphatic rings. The van der Waals surface area contributed by atoms with Gasteiger partial charge in [0.2, 0.25) is 0 Å². The van der Waals surface area contributed by atoms with Gasteiger partial charge >= 0.3 is 5.97 Å². The first kappa shape index (κ1) is 17.9. The fourth-order valence-electron chi connectivity index (χ4n) is 1.88. The molecule has 2 rings (SSSR count). The van der Waals surface area contributed by atoms with E-state index < -0.39 is 5.97 Å². The smallest absolute Gasteiger partial charge is 0.343 e. The van der Waals surface area contributed by atoms with Crippen LogP contribution in [0.3, 0.4) is 0 Å². The highest BCUT2D eigenvalue weighted by Crippen LogP contribution is 2.23. The molecule has 128 valence electrons. The van der Waals surface area contributed by atoms with Gasteiger partial charge in [0.25, 0.3) is 0 Å². The van der Waals surface area contributed by atoms with Gasteiger partial charge in [0.1, 0.15) is 17.2 Å². The van der Waals surface area contributed by atoms with Crippen molar-refractivity contribution in [3.63, 3.8) is 0 Å². The van der Waals surface area contributed by atoms with Crippen molar-refractivity contribution < 1.29 is 19.0 Å². The molecule has 24 heavy (non-hydrogen) atoms. The lowest BCUT2D eigenvalue weighted by molar-refractivity contribution is 0.0734. The second kappa shape index (κ2) is 7.86. The molecule has 2 aromatic rings. The van der Waals surface area contributed by atoms with E-state index in [4.69, 9.17) is 14.2 Å². The Bertz CT molecular complexity index is 657. The third-order valence-electron chi connectivity index (χ3n) is 3.95. The van der Waals surface area contributed by atoms with Crippen LogP contribution in [-0.4, -0.2) is 19.7 Å². The SMILES string of the molecule is CCC(C)(C)COc1ccc(C(=O)Oc2ccc(OC)cc2)cc1. The van der Waals surface area contributed by atoms with Crippen LogP contribution in [0, 0.1) is 5.41 Å². The van der Waals surface area contributed by atoms with Gasteiger partial charge in [0, 0.05) is 0 Å². The Morgan fingerprint density at radius 3 is 2.00 bits per heavy atom. The van der Waals surface area contributed by atoms with Gasteiger partial charge < -0.3 is 14.2 Å². The van der Waals surface area contributed by atoms with E-state index in [1.807, 2.05) is 0 Å². The normalized spacial score (nSPS) is 11.0. The molecule has 4 heteroatoms. The highest BCUT2D eigenvalue weighted by atomic mass is 16.5. The molecule has 0 N–H and O–H groups in total. The number of carbonyl (C=O) groups is 1. The molecule has 0 unspecified atom stereocenters. The second-order valence-corrected chi connectivity index (χ2v) is 6.40. The fraction of sp³-hybridized carbons (Fsp3) is 0.350. The number of hydrogen-bond donors (Lipinski definition) is 0. The van der Waals surface area contributed by atoms with E-state index in [2.05, 4.69) is 20.8 Å². The van der Waals surface area contributed by atoms with Crippen LogP contribution in [0.2, 0.25) is 0 Å². The largest absolute Gasteiger partial charge is 0.497 e. The van der Waals surface area contributed by atoms with E-state index in [0.717, 1.165) is 12.2 Å². The summed E-state index contributed by atoms with van der Waals surface area (Å²) in [6.07, 6.45) is 1.04. The zero-order valence-electron chi connectivity index (χ0n) is 14.7. The summed E-state index contributed by atoms with van der Waals surface area (Å²) in [5, 5.41) is 0. The number of esters is 1. The molecule has 0 bridgehead atoms. The van der Waals surface area contributed by atoms with Gasteiger partial charge in [-0.15, -0.1) is 0 Å². The van der Waals surface area contributed by atoms with Crippen LogP contribution in [0.5, 0.6) is 17.2 Å². The molecule has 0 aliphatic heterocycles. The third-order valence-corrected chi connectivity index (χ3v) is 3.95. The lowest BCUT2D eigenvalue weighted by Gasteiger charge is -2.22. The molecule has 0 fully saturated rings. The number of methoxy groups -OCH3 is 1. The number of hydrogen-bond acceptors (Lipinski definition) is 4. The number of rotatable bonds is 7. The maximum atomic E-state index is 12.1. The quantitative estimate of drug-likeness (QED) is 0.544. The summed E-state index contributed by atoms with van der Waals surface area (Å²) >= 11 is 0. The molecule has 0 atom stereocenters. The molecule has 0 radical (unpaired) electrons. The Morgan fingerprint density at radius 1 is 0.917 bits per heavy atom. The molecule has 2 aromatic carbocycles. The number of benzene rings is 2. The Hall–Kier alpha value is -2.49. The minimum atomic E-state index is -0.402. The lowest BCUT2D eigenvalue weighted by atomic mass is 9.92. The van der Waals surface area contributed by atoms with Crippen molar-refractivity contribution in [2.75, 3.05) is 13.7 Å². The van der Waals surface area contributed by atoms with E-state index >= 15 is 0 Å². The molecule has 0 aliphatic carbocycles. The lowest BCUT2D eigenvalue weighted by Crippen LogP contribution is -2.20. The Morgan fingerprint density at radius 2 is 1.46 bits per heavy atom. The van der Waals surface area contributed by atoms with Gasteiger partial charge in [-0.2, -0.15) is 0 Å². The van der Waals surface area contributed by atoms with Crippen LogP contribution in [0.25, 0.3) is 0 Å². The highest BCUT2D eigenvalue weighted by Gasteiger charge is 2.16. The van der Waals surface area contributed by atoms with E-state index in [1.54, 1.807) is 55.6 Å². The minimum absolute atomic E-state index is 0.131. The van der Waals surface area contributed by atoms with Crippen molar-refractivity contribution in [1.82, 2.24) is 0 Å². The number of ether oxygens (including phenoxy) is 3. The van der Waals surface area contributed by atoms with Gasteiger partial charge in [-0.3, -0.25) is 0 Å². The van der Waals surface area contributed by atoms with E-state index in [1.165, 1.54) is 0 Å². The van der Waals surface area contributed by atoms with Crippen LogP contribution < -0.4 is 14.2 Å².